The molecule has 2 rings (SSSR count). The Hall–Kier alpha value is -2.57. The van der Waals surface area contributed by atoms with Crippen molar-refractivity contribution in [2.45, 2.75) is 6.92 Å². The largest absolute Gasteiger partial charge is 0.505 e. The minimum absolute atomic E-state index is 0.0487. The molecule has 3 N–H and O–H groups in total. The first-order valence-corrected chi connectivity index (χ1v) is 7.52. The van der Waals surface area contributed by atoms with Crippen LogP contribution in [0.15, 0.2) is 41.5 Å². The van der Waals surface area contributed by atoms with Gasteiger partial charge in [0.2, 0.25) is 0 Å². The highest BCUT2D eigenvalue weighted by Crippen LogP contribution is 2.32. The first kappa shape index (κ1) is 17.8. The molecular weight excluding hydrogens is 353 g/mol. The quantitative estimate of drug-likeness (QED) is 0.443. The summed E-state index contributed by atoms with van der Waals surface area (Å²) in [6, 6.07) is 9.88. The number of nitrogens with one attached hydrogen (secondary N) is 2. The zero-order chi connectivity index (χ0) is 17.7. The summed E-state index contributed by atoms with van der Waals surface area (Å²) in [5, 5.41) is 15.7. The molecule has 0 unspecified atom stereocenters. The van der Waals surface area contributed by atoms with E-state index in [2.05, 4.69) is 15.8 Å². The number of phenolic OH excluding ortho intramolecular Hbond substituents is 1. The van der Waals surface area contributed by atoms with Gasteiger partial charge in [0.25, 0.3) is 0 Å². The average molecular weight is 366 g/mol. The number of anilines is 1. The monoisotopic (exact) mass is 365 g/mol. The third kappa shape index (κ3) is 4.47. The SMILES string of the molecule is Cc1ccccc1NC(=O)C(=O)N/N=C/c1cc(Cl)c(O)c(Cl)c1. The van der Waals surface area contributed by atoms with Crippen molar-refractivity contribution in [3.8, 4) is 5.75 Å². The Morgan fingerprint density at radius 3 is 2.38 bits per heavy atom. The molecule has 2 aromatic rings. The number of hydrogen-bond donors (Lipinski definition) is 3. The molecule has 0 fully saturated rings. The van der Waals surface area contributed by atoms with Crippen LogP contribution in [-0.2, 0) is 9.59 Å². The number of halogens is 2. The summed E-state index contributed by atoms with van der Waals surface area (Å²) in [4.78, 5) is 23.5. The van der Waals surface area contributed by atoms with Crippen molar-refractivity contribution in [3.05, 3.63) is 57.6 Å². The van der Waals surface area contributed by atoms with Gasteiger partial charge in [-0.2, -0.15) is 5.10 Å². The lowest BCUT2D eigenvalue weighted by Gasteiger charge is -2.06. The number of benzene rings is 2. The van der Waals surface area contributed by atoms with Gasteiger partial charge in [0.1, 0.15) is 0 Å². The van der Waals surface area contributed by atoms with Gasteiger partial charge in [-0.05, 0) is 36.2 Å². The van der Waals surface area contributed by atoms with Crippen molar-refractivity contribution in [1.29, 1.82) is 0 Å². The van der Waals surface area contributed by atoms with Gasteiger partial charge in [0.05, 0.1) is 16.3 Å². The van der Waals surface area contributed by atoms with E-state index in [0.717, 1.165) is 5.56 Å². The second-order valence-corrected chi connectivity index (χ2v) is 5.62. The van der Waals surface area contributed by atoms with E-state index in [1.54, 1.807) is 12.1 Å². The second kappa shape index (κ2) is 7.81. The molecule has 24 heavy (non-hydrogen) atoms. The Kier molecular flexibility index (Phi) is 5.78. The van der Waals surface area contributed by atoms with E-state index >= 15 is 0 Å². The number of carbonyl (C=O) groups excluding carboxylic acids is 2. The molecule has 0 atom stereocenters. The molecule has 0 saturated heterocycles. The number of hydrogen-bond acceptors (Lipinski definition) is 4. The molecule has 6 nitrogen and oxygen atoms in total. The summed E-state index contributed by atoms with van der Waals surface area (Å²) in [5.74, 6) is -2.01. The maximum Gasteiger partial charge on any atom is 0.329 e. The van der Waals surface area contributed by atoms with Crippen molar-refractivity contribution in [1.82, 2.24) is 5.43 Å². The first-order chi connectivity index (χ1) is 11.4. The fourth-order valence-electron chi connectivity index (χ4n) is 1.77. The highest BCUT2D eigenvalue weighted by molar-refractivity contribution is 6.39. The zero-order valence-electron chi connectivity index (χ0n) is 12.5. The summed E-state index contributed by atoms with van der Waals surface area (Å²) in [5.41, 5.74) is 3.91. The molecule has 0 heterocycles. The molecular formula is C16H13Cl2N3O3. The smallest absolute Gasteiger partial charge is 0.329 e. The predicted octanol–water partition coefficient (Wildman–Crippen LogP) is 3.10. The Morgan fingerprint density at radius 2 is 1.75 bits per heavy atom. The van der Waals surface area contributed by atoms with E-state index in [1.807, 2.05) is 19.1 Å². The van der Waals surface area contributed by atoms with Crippen LogP contribution < -0.4 is 10.7 Å². The van der Waals surface area contributed by atoms with Crippen molar-refractivity contribution < 1.29 is 14.7 Å². The minimum atomic E-state index is -0.925. The van der Waals surface area contributed by atoms with E-state index in [1.165, 1.54) is 18.3 Å². The molecule has 8 heteroatoms. The summed E-state index contributed by atoms with van der Waals surface area (Å²) in [7, 11) is 0. The fourth-order valence-corrected chi connectivity index (χ4v) is 2.27. The van der Waals surface area contributed by atoms with Gasteiger partial charge in [-0.3, -0.25) is 9.59 Å². The third-order valence-electron chi connectivity index (χ3n) is 3.02. The summed E-state index contributed by atoms with van der Waals surface area (Å²) >= 11 is 11.5. The van der Waals surface area contributed by atoms with Crippen LogP contribution in [0, 0.1) is 6.92 Å². The molecule has 2 amide bonds. The Morgan fingerprint density at radius 1 is 1.12 bits per heavy atom. The molecule has 0 spiro atoms. The van der Waals surface area contributed by atoms with Crippen molar-refractivity contribution in [2.75, 3.05) is 5.32 Å². The standard InChI is InChI=1S/C16H13Cl2N3O3/c1-9-4-2-3-5-13(9)20-15(23)16(24)21-19-8-10-6-11(17)14(22)12(18)7-10/h2-8,22H,1H3,(H,20,23)(H,21,24)/b19-8+. The molecule has 0 aliphatic heterocycles. The number of nitrogens with zero attached hydrogens (tertiary/aromatic N) is 1. The molecule has 0 bridgehead atoms. The average Bonchev–Trinajstić information content (AvgIpc) is 2.54. The zero-order valence-corrected chi connectivity index (χ0v) is 14.0. The van der Waals surface area contributed by atoms with Crippen LogP contribution in [0.2, 0.25) is 10.0 Å². The number of carbonyl (C=O) groups is 2. The van der Waals surface area contributed by atoms with Crippen molar-refractivity contribution >= 4 is 46.9 Å². The molecule has 0 aromatic heterocycles. The highest BCUT2D eigenvalue weighted by Gasteiger charge is 2.13. The van der Waals surface area contributed by atoms with Crippen LogP contribution >= 0.6 is 23.2 Å². The van der Waals surface area contributed by atoms with Crippen LogP contribution in [0.5, 0.6) is 5.75 Å². The lowest BCUT2D eigenvalue weighted by Crippen LogP contribution is -2.32. The lowest BCUT2D eigenvalue weighted by atomic mass is 10.2. The third-order valence-corrected chi connectivity index (χ3v) is 3.59. The Bertz CT molecular complexity index is 799. The van der Waals surface area contributed by atoms with Crippen LogP contribution in [0.3, 0.4) is 0 Å². The van der Waals surface area contributed by atoms with Gasteiger partial charge in [-0.15, -0.1) is 0 Å². The number of aryl methyl sites for hydroxylation is 1. The molecule has 0 aliphatic rings. The number of phenols is 1. The van der Waals surface area contributed by atoms with Gasteiger partial charge < -0.3 is 10.4 Å². The van der Waals surface area contributed by atoms with E-state index in [9.17, 15) is 14.7 Å². The van der Waals surface area contributed by atoms with Gasteiger partial charge in [0, 0.05) is 5.69 Å². The number of amides is 2. The van der Waals surface area contributed by atoms with Crippen LogP contribution in [0.4, 0.5) is 5.69 Å². The van der Waals surface area contributed by atoms with E-state index in [-0.39, 0.29) is 15.8 Å². The maximum absolute atomic E-state index is 11.8. The van der Waals surface area contributed by atoms with Gasteiger partial charge in [-0.25, -0.2) is 5.43 Å². The number of hydrazone groups is 1. The molecule has 124 valence electrons. The fraction of sp³-hybridized carbons (Fsp3) is 0.0625. The highest BCUT2D eigenvalue weighted by atomic mass is 35.5. The number of para-hydroxylation sites is 1. The first-order valence-electron chi connectivity index (χ1n) is 6.76. The summed E-state index contributed by atoms with van der Waals surface area (Å²) in [6.45, 7) is 1.81. The van der Waals surface area contributed by atoms with Crippen molar-refractivity contribution in [2.24, 2.45) is 5.10 Å². The lowest BCUT2D eigenvalue weighted by molar-refractivity contribution is -0.136. The van der Waals surface area contributed by atoms with E-state index < -0.39 is 11.8 Å². The van der Waals surface area contributed by atoms with Crippen molar-refractivity contribution in [3.63, 3.8) is 0 Å². The Balaban J connectivity index is 1.97. The topological polar surface area (TPSA) is 90.8 Å². The van der Waals surface area contributed by atoms with Crippen LogP contribution in [0.25, 0.3) is 0 Å². The normalized spacial score (nSPS) is 10.6. The number of aromatic hydroxyl groups is 1. The van der Waals surface area contributed by atoms with E-state index in [0.29, 0.717) is 11.3 Å². The second-order valence-electron chi connectivity index (χ2n) is 4.80. The predicted molar refractivity (Wildman–Crippen MR) is 93.7 cm³/mol. The number of rotatable bonds is 3. The molecule has 2 aromatic carbocycles. The van der Waals surface area contributed by atoms with Crippen LogP contribution in [0.1, 0.15) is 11.1 Å². The minimum Gasteiger partial charge on any atom is -0.505 e. The van der Waals surface area contributed by atoms with Gasteiger partial charge in [-0.1, -0.05) is 41.4 Å². The summed E-state index contributed by atoms with van der Waals surface area (Å²) in [6.07, 6.45) is 1.25. The van der Waals surface area contributed by atoms with Crippen LogP contribution in [-0.4, -0.2) is 23.1 Å². The van der Waals surface area contributed by atoms with E-state index in [4.69, 9.17) is 23.2 Å². The molecule has 0 aliphatic carbocycles. The molecule has 0 radical (unpaired) electrons. The van der Waals surface area contributed by atoms with Gasteiger partial charge >= 0.3 is 11.8 Å². The van der Waals surface area contributed by atoms with Gasteiger partial charge in [0.15, 0.2) is 5.75 Å². The maximum atomic E-state index is 11.8. The summed E-state index contributed by atoms with van der Waals surface area (Å²) < 4.78 is 0. The Labute approximate surface area is 148 Å². The molecule has 0 saturated carbocycles.